The molecule has 0 aromatic rings. The second-order valence-electron chi connectivity index (χ2n) is 23.2. The van der Waals surface area contributed by atoms with Crippen LogP contribution in [0.4, 0.5) is 0 Å². The van der Waals surface area contributed by atoms with Crippen molar-refractivity contribution in [2.45, 2.75) is 374 Å². The summed E-state index contributed by atoms with van der Waals surface area (Å²) < 4.78 is 74.7. The molecule has 0 saturated carbocycles. The first-order chi connectivity index (χ1) is 37.0. The molecular formula is C66H130CaO8S2. The van der Waals surface area contributed by atoms with E-state index in [0.717, 1.165) is 38.5 Å². The fourth-order valence-electron chi connectivity index (χ4n) is 10.4. The fraction of sp³-hybridized carbons (Fsp3) is 0.939. The Labute approximate surface area is 512 Å². The van der Waals surface area contributed by atoms with Gasteiger partial charge in [0.15, 0.2) is 0 Å². The van der Waals surface area contributed by atoms with Crippen molar-refractivity contribution >= 4 is 58.5 Å². The molecule has 77 heavy (non-hydrogen) atoms. The Kier molecular flexibility index (Phi) is 71.4. The van der Waals surface area contributed by atoms with E-state index in [-0.39, 0.29) is 62.8 Å². The molecule has 0 rings (SSSR count). The van der Waals surface area contributed by atoms with E-state index in [1.165, 1.54) is 308 Å². The summed E-state index contributed by atoms with van der Waals surface area (Å²) >= 11 is 0. The van der Waals surface area contributed by atoms with Gasteiger partial charge in [0, 0.05) is 11.8 Å². The zero-order valence-electron chi connectivity index (χ0n) is 51.9. The van der Waals surface area contributed by atoms with Crippen molar-refractivity contribution in [3.8, 4) is 0 Å². The minimum atomic E-state index is -4.62. The average Bonchev–Trinajstić information content (AvgIpc) is 3.39. The Balaban J connectivity index is -0.00000140. The summed E-state index contributed by atoms with van der Waals surface area (Å²) in [6, 6.07) is 0. The summed E-state index contributed by atoms with van der Waals surface area (Å²) in [7, 11) is -9.24. The van der Waals surface area contributed by atoms with Crippen molar-refractivity contribution in [3.63, 3.8) is 0 Å². The van der Waals surface area contributed by atoms with E-state index in [2.05, 4.69) is 60.4 Å². The van der Waals surface area contributed by atoms with E-state index in [4.69, 9.17) is 0 Å². The van der Waals surface area contributed by atoms with Gasteiger partial charge in [-0.05, 0) is 38.5 Å². The van der Waals surface area contributed by atoms with Gasteiger partial charge in [-0.1, -0.05) is 360 Å². The van der Waals surface area contributed by atoms with Crippen LogP contribution in [-0.2, 0) is 29.2 Å². The Hall–Kier alpha value is 0.480. The molecule has 0 aliphatic carbocycles. The topological polar surface area (TPSA) is 133 Å². The largest absolute Gasteiger partial charge is 2.00 e. The molecule has 0 fully saturated rings. The Morgan fingerprint density at radius 1 is 0.286 bits per heavy atom. The van der Waals surface area contributed by atoms with Crippen LogP contribution < -0.4 is 0 Å². The molecule has 8 nitrogen and oxygen atoms in total. The van der Waals surface area contributed by atoms with Crippen LogP contribution in [0.3, 0.4) is 0 Å². The zero-order valence-corrected chi connectivity index (χ0v) is 55.7. The van der Waals surface area contributed by atoms with Gasteiger partial charge in [-0.25, -0.2) is 16.8 Å². The quantitative estimate of drug-likeness (QED) is 0.0193. The molecule has 0 radical (unpaired) electrons. The van der Waals surface area contributed by atoms with Crippen molar-refractivity contribution in [3.05, 3.63) is 24.3 Å². The van der Waals surface area contributed by atoms with Gasteiger partial charge < -0.3 is 9.11 Å². The van der Waals surface area contributed by atoms with Gasteiger partial charge in [0.1, 0.15) is 0 Å². The summed E-state index contributed by atoms with van der Waals surface area (Å²) in [4.78, 5) is 0. The van der Waals surface area contributed by atoms with Gasteiger partial charge in [0.05, 0.1) is 13.2 Å². The molecule has 0 N–H and O–H groups in total. The molecule has 2 unspecified atom stereocenters. The molecule has 0 aliphatic heterocycles. The maximum atomic E-state index is 10.9. The third kappa shape index (κ3) is 76.5. The second kappa shape index (κ2) is 67.3. The molecule has 0 aromatic heterocycles. The molecule has 0 heterocycles. The Morgan fingerprint density at radius 3 is 0.636 bits per heavy atom. The maximum Gasteiger partial charge on any atom is 2.00 e. The Bertz CT molecular complexity index is 1290. The van der Waals surface area contributed by atoms with Gasteiger partial charge in [-0.15, -0.1) is 0 Å². The van der Waals surface area contributed by atoms with Crippen LogP contribution in [-0.4, -0.2) is 76.9 Å². The van der Waals surface area contributed by atoms with Crippen molar-refractivity contribution in [2.75, 3.05) is 13.2 Å². The predicted octanol–water partition coefficient (Wildman–Crippen LogP) is 22.0. The van der Waals surface area contributed by atoms with Crippen LogP contribution >= 0.6 is 0 Å². The Morgan fingerprint density at radius 2 is 0.455 bits per heavy atom. The molecule has 11 heteroatoms. The van der Waals surface area contributed by atoms with E-state index in [1.807, 2.05) is 0 Å². The van der Waals surface area contributed by atoms with Crippen LogP contribution in [0.2, 0.25) is 0 Å². The minimum absolute atomic E-state index is 0. The smallest absolute Gasteiger partial charge is 0.726 e. The van der Waals surface area contributed by atoms with Gasteiger partial charge in [-0.2, -0.15) is 0 Å². The van der Waals surface area contributed by atoms with Crippen LogP contribution in [0, 0.1) is 11.8 Å². The van der Waals surface area contributed by atoms with Gasteiger partial charge in [-0.3, -0.25) is 8.37 Å². The number of hydrogen-bond donors (Lipinski definition) is 0. The SMILES string of the molecule is CCCCCCCCCCCCCCCC/C=C/C(CCCCCCCCCCCCC)COS(=O)(=O)[O-].CCCCCCCCCCCCCCCC/C=C/C(CCCCCCCCCCCCC)COS(=O)(=O)[O-].[Ca+2]. The minimum Gasteiger partial charge on any atom is -0.726 e. The molecule has 0 amide bonds. The van der Waals surface area contributed by atoms with Crippen molar-refractivity contribution in [1.29, 1.82) is 0 Å². The first-order valence-corrected chi connectivity index (χ1v) is 36.2. The summed E-state index contributed by atoms with van der Waals surface area (Å²) in [5, 5.41) is 0. The first-order valence-electron chi connectivity index (χ1n) is 33.5. The molecule has 0 aliphatic rings. The van der Waals surface area contributed by atoms with Gasteiger partial charge >= 0.3 is 37.7 Å². The summed E-state index contributed by atoms with van der Waals surface area (Å²) in [5.74, 6) is 0.0351. The first kappa shape index (κ1) is 81.7. The van der Waals surface area contributed by atoms with E-state index >= 15 is 0 Å². The molecular weight excluding hydrogens is 1020 g/mol. The van der Waals surface area contributed by atoms with Crippen LogP contribution in [0.25, 0.3) is 0 Å². The molecule has 0 saturated heterocycles. The molecule has 0 bridgehead atoms. The van der Waals surface area contributed by atoms with Crippen molar-refractivity contribution in [2.24, 2.45) is 11.8 Å². The standard InChI is InChI=1S/2C33H66O4S.Ca/c2*1-3-5-7-9-11-13-15-16-17-18-19-21-23-25-27-29-31-33(32-37-38(34,35)36)30-28-26-24-22-20-14-12-10-8-6-4-2;/h2*29,31,33H,3-28,30,32H2,1-2H3,(H,34,35,36);/q;;+2/p-2/b2*31-29+;. The second-order valence-corrected chi connectivity index (χ2v) is 25.3. The van der Waals surface area contributed by atoms with Gasteiger partial charge in [0.25, 0.3) is 0 Å². The molecule has 0 aromatic carbocycles. The molecule has 0 spiro atoms. The van der Waals surface area contributed by atoms with Crippen LogP contribution in [0.15, 0.2) is 24.3 Å². The summed E-state index contributed by atoms with van der Waals surface area (Å²) in [6.07, 6.45) is 79.0. The van der Waals surface area contributed by atoms with Gasteiger partial charge in [0.2, 0.25) is 20.8 Å². The summed E-state index contributed by atoms with van der Waals surface area (Å²) in [6.45, 7) is 9.04. The molecule has 2 atom stereocenters. The number of unbranched alkanes of at least 4 members (excludes halogenated alkanes) is 48. The number of rotatable bonds is 62. The number of hydrogen-bond acceptors (Lipinski definition) is 8. The third-order valence-electron chi connectivity index (χ3n) is 15.5. The zero-order chi connectivity index (χ0) is 56.0. The van der Waals surface area contributed by atoms with Crippen LogP contribution in [0.5, 0.6) is 0 Å². The maximum absolute atomic E-state index is 10.9. The monoisotopic (exact) mass is 1150 g/mol. The number of allylic oxidation sites excluding steroid dienone is 2. The van der Waals surface area contributed by atoms with E-state index < -0.39 is 20.8 Å². The van der Waals surface area contributed by atoms with Crippen LogP contribution in [0.1, 0.15) is 374 Å². The summed E-state index contributed by atoms with van der Waals surface area (Å²) in [5.41, 5.74) is 0. The fourth-order valence-corrected chi connectivity index (χ4v) is 11.1. The average molecular weight is 1160 g/mol. The van der Waals surface area contributed by atoms with E-state index in [9.17, 15) is 25.9 Å². The van der Waals surface area contributed by atoms with Crippen molar-refractivity contribution < 1.29 is 34.3 Å². The third-order valence-corrected chi connectivity index (χ3v) is 16.3. The van der Waals surface area contributed by atoms with E-state index in [1.54, 1.807) is 0 Å². The molecule has 456 valence electrons. The normalized spacial score (nSPS) is 12.9. The predicted molar refractivity (Wildman–Crippen MR) is 334 cm³/mol. The van der Waals surface area contributed by atoms with Crippen molar-refractivity contribution in [1.82, 2.24) is 0 Å². The van der Waals surface area contributed by atoms with E-state index in [0.29, 0.717) is 0 Å².